The molecule has 1 N–H and O–H groups in total. The third-order valence-electron chi connectivity index (χ3n) is 2.01. The minimum atomic E-state index is 0.717. The predicted molar refractivity (Wildman–Crippen MR) is 55.7 cm³/mol. The first kappa shape index (κ1) is 8.26. The molecule has 0 bridgehead atoms. The molecule has 2 aromatic rings. The van der Waals surface area contributed by atoms with E-state index in [0.29, 0.717) is 4.48 Å². The highest BCUT2D eigenvalue weighted by atomic mass is 15.4. The first-order chi connectivity index (χ1) is 6.07. The summed E-state index contributed by atoms with van der Waals surface area (Å²) in [4.78, 5) is 7.80. The second kappa shape index (κ2) is 2.57. The van der Waals surface area contributed by atoms with Crippen LogP contribution in [0.1, 0.15) is 0 Å². The molecule has 0 saturated heterocycles. The van der Waals surface area contributed by atoms with E-state index < -0.39 is 0 Å². The summed E-state index contributed by atoms with van der Waals surface area (Å²) in [5.74, 6) is 0.987. The maximum Gasteiger partial charge on any atom is 0.306 e. The number of rotatable bonds is 1. The van der Waals surface area contributed by atoms with Crippen molar-refractivity contribution in [2.24, 2.45) is 0 Å². The Morgan fingerprint density at radius 3 is 2.46 bits per heavy atom. The molecule has 0 atom stereocenters. The Kier molecular flexibility index (Phi) is 1.63. The highest BCUT2D eigenvalue weighted by Gasteiger charge is 2.16. The molecule has 0 amide bonds. The third kappa shape index (κ3) is 1.42. The predicted octanol–water partition coefficient (Wildman–Crippen LogP) is 1.76. The summed E-state index contributed by atoms with van der Waals surface area (Å²) in [7, 11) is 6.28. The molecule has 3 nitrogen and oxygen atoms in total. The Morgan fingerprint density at radius 1 is 1.15 bits per heavy atom. The molecular formula is C10H14N3+. The van der Waals surface area contributed by atoms with Gasteiger partial charge in [-0.1, -0.05) is 12.1 Å². The molecule has 0 saturated carbocycles. The number of para-hydroxylation sites is 2. The van der Waals surface area contributed by atoms with E-state index in [9.17, 15) is 0 Å². The summed E-state index contributed by atoms with van der Waals surface area (Å²) >= 11 is 0. The van der Waals surface area contributed by atoms with Gasteiger partial charge in [-0.2, -0.15) is 4.98 Å². The normalized spacial score (nSPS) is 12.2. The number of hydrogen-bond acceptors (Lipinski definition) is 1. The van der Waals surface area contributed by atoms with Gasteiger partial charge in [-0.15, -0.1) is 0 Å². The van der Waals surface area contributed by atoms with Crippen LogP contribution in [0.4, 0.5) is 5.95 Å². The van der Waals surface area contributed by atoms with Crippen molar-refractivity contribution in [3.63, 3.8) is 0 Å². The largest absolute Gasteiger partial charge is 0.306 e. The van der Waals surface area contributed by atoms with E-state index in [0.717, 1.165) is 17.0 Å². The van der Waals surface area contributed by atoms with Crippen molar-refractivity contribution < 1.29 is 0 Å². The van der Waals surface area contributed by atoms with Gasteiger partial charge in [0.15, 0.2) is 0 Å². The lowest BCUT2D eigenvalue weighted by Gasteiger charge is -2.18. The molecule has 0 unspecified atom stereocenters. The number of H-pyrrole nitrogens is 1. The van der Waals surface area contributed by atoms with E-state index >= 15 is 0 Å². The van der Waals surface area contributed by atoms with E-state index in [1.165, 1.54) is 0 Å². The van der Waals surface area contributed by atoms with Crippen molar-refractivity contribution in [2.75, 3.05) is 21.1 Å². The van der Waals surface area contributed by atoms with Crippen molar-refractivity contribution in [1.82, 2.24) is 14.5 Å². The first-order valence-corrected chi connectivity index (χ1v) is 4.34. The van der Waals surface area contributed by atoms with Crippen LogP contribution in [0, 0.1) is 0 Å². The van der Waals surface area contributed by atoms with Crippen LogP contribution < -0.4 is 4.48 Å². The molecule has 0 spiro atoms. The van der Waals surface area contributed by atoms with Gasteiger partial charge >= 0.3 is 5.95 Å². The van der Waals surface area contributed by atoms with Crippen molar-refractivity contribution in [1.29, 1.82) is 0 Å². The van der Waals surface area contributed by atoms with E-state index in [4.69, 9.17) is 0 Å². The summed E-state index contributed by atoms with van der Waals surface area (Å²) < 4.78 is 0.717. The number of benzene rings is 1. The maximum absolute atomic E-state index is 4.50. The molecule has 0 aliphatic rings. The van der Waals surface area contributed by atoms with E-state index in [1.54, 1.807) is 0 Å². The van der Waals surface area contributed by atoms with Crippen LogP contribution in [-0.4, -0.2) is 31.1 Å². The molecule has 0 radical (unpaired) electrons. The van der Waals surface area contributed by atoms with Gasteiger partial charge in [0.05, 0.1) is 32.2 Å². The molecule has 13 heavy (non-hydrogen) atoms. The lowest BCUT2D eigenvalue weighted by Crippen LogP contribution is -2.35. The van der Waals surface area contributed by atoms with Gasteiger partial charge in [-0.05, 0) is 12.1 Å². The van der Waals surface area contributed by atoms with Crippen LogP contribution in [0.25, 0.3) is 11.0 Å². The zero-order chi connectivity index (χ0) is 9.47. The lowest BCUT2D eigenvalue weighted by atomic mass is 10.3. The van der Waals surface area contributed by atoms with Gasteiger partial charge in [-0.3, -0.25) is 9.47 Å². The number of nitrogens with zero attached hydrogens (tertiary/aromatic N) is 2. The Bertz CT molecular complexity index is 390. The smallest absolute Gasteiger partial charge is 0.292 e. The SMILES string of the molecule is C[N+](C)(C)c1nc2ccccc2[nH]1. The molecule has 0 fully saturated rings. The molecule has 2 rings (SSSR count). The van der Waals surface area contributed by atoms with E-state index in [1.807, 2.05) is 24.3 Å². The van der Waals surface area contributed by atoms with Crippen LogP contribution in [0.3, 0.4) is 0 Å². The zero-order valence-electron chi connectivity index (χ0n) is 8.20. The van der Waals surface area contributed by atoms with Crippen LogP contribution in [0.5, 0.6) is 0 Å². The molecular weight excluding hydrogens is 162 g/mol. The fraction of sp³-hybridized carbons (Fsp3) is 0.300. The Morgan fingerprint density at radius 2 is 1.85 bits per heavy atom. The number of quaternary nitrogens is 1. The summed E-state index contributed by atoms with van der Waals surface area (Å²) in [6.07, 6.45) is 0. The molecule has 1 aromatic carbocycles. The molecule has 1 aromatic heterocycles. The number of hydrogen-bond donors (Lipinski definition) is 1. The number of nitrogens with one attached hydrogen (secondary N) is 1. The van der Waals surface area contributed by atoms with Crippen LogP contribution in [-0.2, 0) is 0 Å². The van der Waals surface area contributed by atoms with Crippen molar-refractivity contribution in [2.45, 2.75) is 0 Å². The molecule has 3 heteroatoms. The first-order valence-electron chi connectivity index (χ1n) is 4.34. The standard InChI is InChI=1S/C10H14N3/c1-13(2,3)10-11-8-6-4-5-7-9(8)12-10/h4-7H,1-3H3,(H,11,12)/q+1. The van der Waals surface area contributed by atoms with Crippen LogP contribution in [0.15, 0.2) is 24.3 Å². The maximum atomic E-state index is 4.50. The zero-order valence-corrected chi connectivity index (χ0v) is 8.20. The lowest BCUT2D eigenvalue weighted by molar-refractivity contribution is 0.464. The highest BCUT2D eigenvalue weighted by Crippen LogP contribution is 2.17. The second-order valence-corrected chi connectivity index (χ2v) is 4.09. The van der Waals surface area contributed by atoms with Crippen molar-refractivity contribution >= 4 is 17.0 Å². The topological polar surface area (TPSA) is 28.7 Å². The van der Waals surface area contributed by atoms with Gasteiger partial charge < -0.3 is 0 Å². The molecule has 0 aliphatic carbocycles. The number of aromatic amines is 1. The average Bonchev–Trinajstić information content (AvgIpc) is 2.45. The fourth-order valence-electron chi connectivity index (χ4n) is 1.26. The molecule has 68 valence electrons. The fourth-order valence-corrected chi connectivity index (χ4v) is 1.26. The molecule has 1 heterocycles. The van der Waals surface area contributed by atoms with Gasteiger partial charge in [-0.25, -0.2) is 0 Å². The van der Waals surface area contributed by atoms with Gasteiger partial charge in [0, 0.05) is 0 Å². The summed E-state index contributed by atoms with van der Waals surface area (Å²) in [6, 6.07) is 8.08. The summed E-state index contributed by atoms with van der Waals surface area (Å²) in [5.41, 5.74) is 2.14. The highest BCUT2D eigenvalue weighted by molar-refractivity contribution is 5.76. The molecule has 0 aliphatic heterocycles. The summed E-state index contributed by atoms with van der Waals surface area (Å²) in [5, 5.41) is 0. The third-order valence-corrected chi connectivity index (χ3v) is 2.01. The second-order valence-electron chi connectivity index (χ2n) is 4.09. The Hall–Kier alpha value is -1.35. The van der Waals surface area contributed by atoms with Gasteiger partial charge in [0.25, 0.3) is 0 Å². The number of fused-ring (bicyclic) bond motifs is 1. The quantitative estimate of drug-likeness (QED) is 0.659. The monoisotopic (exact) mass is 176 g/mol. The minimum absolute atomic E-state index is 0.717. The number of imidazole rings is 1. The average molecular weight is 176 g/mol. The Balaban J connectivity index is 2.63. The van der Waals surface area contributed by atoms with Gasteiger partial charge in [0.2, 0.25) is 0 Å². The minimum Gasteiger partial charge on any atom is -0.292 e. The van der Waals surface area contributed by atoms with Crippen molar-refractivity contribution in [3.8, 4) is 0 Å². The van der Waals surface area contributed by atoms with Gasteiger partial charge in [0.1, 0.15) is 0 Å². The van der Waals surface area contributed by atoms with Crippen LogP contribution >= 0.6 is 0 Å². The van der Waals surface area contributed by atoms with E-state index in [2.05, 4.69) is 31.1 Å². The van der Waals surface area contributed by atoms with Crippen molar-refractivity contribution in [3.05, 3.63) is 24.3 Å². The van der Waals surface area contributed by atoms with E-state index in [-0.39, 0.29) is 0 Å². The summed E-state index contributed by atoms with van der Waals surface area (Å²) in [6.45, 7) is 0. The number of aromatic nitrogens is 2. The van der Waals surface area contributed by atoms with Crippen LogP contribution in [0.2, 0.25) is 0 Å². The Labute approximate surface area is 77.6 Å².